The first-order valence-corrected chi connectivity index (χ1v) is 6.12. The first kappa shape index (κ1) is 14.0. The minimum atomic E-state index is -0.516. The highest BCUT2D eigenvalue weighted by atomic mass is 35.5. The molecule has 0 aliphatic heterocycles. The van der Waals surface area contributed by atoms with E-state index in [9.17, 15) is 14.9 Å². The van der Waals surface area contributed by atoms with Crippen molar-refractivity contribution in [2.24, 2.45) is 0 Å². The van der Waals surface area contributed by atoms with E-state index in [-0.39, 0.29) is 17.9 Å². The molecule has 2 aromatic carbocycles. The second kappa shape index (κ2) is 6.16. The van der Waals surface area contributed by atoms with Crippen LogP contribution < -0.4 is 4.74 Å². The zero-order valence-corrected chi connectivity index (χ0v) is 11.0. The molecule has 0 radical (unpaired) electrons. The maximum Gasteiger partial charge on any atom is 0.315 e. The zero-order valence-electron chi connectivity index (χ0n) is 10.3. The van der Waals surface area contributed by atoms with Crippen molar-refractivity contribution in [1.29, 1.82) is 0 Å². The average Bonchev–Trinajstić information content (AvgIpc) is 2.39. The monoisotopic (exact) mass is 291 g/mol. The normalized spacial score (nSPS) is 10.1. The van der Waals surface area contributed by atoms with Gasteiger partial charge in [0.05, 0.1) is 11.3 Å². The van der Waals surface area contributed by atoms with Gasteiger partial charge in [0, 0.05) is 17.2 Å². The van der Waals surface area contributed by atoms with Crippen molar-refractivity contribution in [3.8, 4) is 5.75 Å². The highest BCUT2D eigenvalue weighted by molar-refractivity contribution is 6.30. The predicted molar refractivity (Wildman–Crippen MR) is 73.9 cm³/mol. The Morgan fingerprint density at radius 2 is 1.90 bits per heavy atom. The van der Waals surface area contributed by atoms with E-state index in [0.29, 0.717) is 5.02 Å². The second-order valence-electron chi connectivity index (χ2n) is 4.03. The van der Waals surface area contributed by atoms with E-state index >= 15 is 0 Å². The summed E-state index contributed by atoms with van der Waals surface area (Å²) in [4.78, 5) is 21.7. The maximum atomic E-state index is 11.7. The molecular formula is C14H10ClNO4. The number of non-ortho nitro benzene ring substituents is 1. The van der Waals surface area contributed by atoms with E-state index < -0.39 is 10.9 Å². The number of nitrogens with zero attached hydrogens (tertiary/aromatic N) is 1. The third-order valence-corrected chi connectivity index (χ3v) is 2.75. The number of carbonyl (C=O) groups excluding carboxylic acids is 1. The van der Waals surface area contributed by atoms with Crippen molar-refractivity contribution in [3.63, 3.8) is 0 Å². The highest BCUT2D eigenvalue weighted by Gasteiger charge is 2.09. The van der Waals surface area contributed by atoms with E-state index in [2.05, 4.69) is 0 Å². The molecule has 0 amide bonds. The largest absolute Gasteiger partial charge is 0.426 e. The van der Waals surface area contributed by atoms with E-state index in [4.69, 9.17) is 16.3 Å². The van der Waals surface area contributed by atoms with Gasteiger partial charge in [-0.2, -0.15) is 0 Å². The number of esters is 1. The lowest BCUT2D eigenvalue weighted by molar-refractivity contribution is -0.384. The number of rotatable bonds is 4. The van der Waals surface area contributed by atoms with Crippen LogP contribution in [0, 0.1) is 10.1 Å². The second-order valence-corrected chi connectivity index (χ2v) is 4.47. The topological polar surface area (TPSA) is 69.4 Å². The van der Waals surface area contributed by atoms with Crippen LogP contribution in [0.2, 0.25) is 5.02 Å². The van der Waals surface area contributed by atoms with E-state index in [1.807, 2.05) is 0 Å². The molecular weight excluding hydrogens is 282 g/mol. The Labute approximate surface area is 119 Å². The predicted octanol–water partition coefficient (Wildman–Crippen LogP) is 3.40. The van der Waals surface area contributed by atoms with Gasteiger partial charge < -0.3 is 4.74 Å². The van der Waals surface area contributed by atoms with Crippen LogP contribution in [0.1, 0.15) is 5.56 Å². The van der Waals surface area contributed by atoms with Crippen LogP contribution in [0.4, 0.5) is 5.69 Å². The molecule has 2 rings (SSSR count). The Morgan fingerprint density at radius 3 is 2.50 bits per heavy atom. The molecule has 0 saturated carbocycles. The van der Waals surface area contributed by atoms with Gasteiger partial charge in [-0.3, -0.25) is 14.9 Å². The van der Waals surface area contributed by atoms with Gasteiger partial charge in [-0.15, -0.1) is 0 Å². The zero-order chi connectivity index (χ0) is 14.5. The van der Waals surface area contributed by atoms with Crippen molar-refractivity contribution in [2.45, 2.75) is 6.42 Å². The lowest BCUT2D eigenvalue weighted by Crippen LogP contribution is -2.11. The summed E-state index contributed by atoms with van der Waals surface area (Å²) >= 11 is 5.82. The van der Waals surface area contributed by atoms with Gasteiger partial charge in [-0.05, 0) is 29.8 Å². The standard InChI is InChI=1S/C14H10ClNO4/c15-11-3-1-2-10(8-11)9-14(17)20-13-6-4-12(5-7-13)16(18)19/h1-8H,9H2. The summed E-state index contributed by atoms with van der Waals surface area (Å²) in [6, 6.07) is 12.2. The molecule has 0 bridgehead atoms. The average molecular weight is 292 g/mol. The van der Waals surface area contributed by atoms with Crippen molar-refractivity contribution < 1.29 is 14.5 Å². The fourth-order valence-electron chi connectivity index (χ4n) is 1.62. The number of nitro benzene ring substituents is 1. The molecule has 20 heavy (non-hydrogen) atoms. The molecule has 0 aliphatic rings. The number of halogens is 1. The van der Waals surface area contributed by atoms with Crippen LogP contribution in [-0.4, -0.2) is 10.9 Å². The van der Waals surface area contributed by atoms with Gasteiger partial charge in [0.1, 0.15) is 5.75 Å². The Morgan fingerprint density at radius 1 is 1.20 bits per heavy atom. The van der Waals surface area contributed by atoms with Crippen molar-refractivity contribution in [3.05, 3.63) is 69.2 Å². The van der Waals surface area contributed by atoms with Crippen molar-refractivity contribution in [2.75, 3.05) is 0 Å². The molecule has 0 spiro atoms. The SMILES string of the molecule is O=C(Cc1cccc(Cl)c1)Oc1ccc([N+](=O)[O-])cc1. The number of hydrogen-bond acceptors (Lipinski definition) is 4. The minimum absolute atomic E-state index is 0.0559. The van der Waals surface area contributed by atoms with Gasteiger partial charge in [0.15, 0.2) is 0 Å². The molecule has 0 heterocycles. The molecule has 0 aliphatic carbocycles. The van der Waals surface area contributed by atoms with Gasteiger partial charge in [0.25, 0.3) is 5.69 Å². The highest BCUT2D eigenvalue weighted by Crippen LogP contribution is 2.18. The summed E-state index contributed by atoms with van der Waals surface area (Å²) in [5, 5.41) is 11.0. The summed E-state index contributed by atoms with van der Waals surface area (Å²) in [6.45, 7) is 0. The van der Waals surface area contributed by atoms with Crippen LogP contribution in [0.25, 0.3) is 0 Å². The van der Waals surface area contributed by atoms with Gasteiger partial charge in [-0.1, -0.05) is 23.7 Å². The Hall–Kier alpha value is -2.40. The van der Waals surface area contributed by atoms with Crippen molar-refractivity contribution in [1.82, 2.24) is 0 Å². The maximum absolute atomic E-state index is 11.7. The number of benzene rings is 2. The summed E-state index contributed by atoms with van der Waals surface area (Å²) < 4.78 is 5.09. The first-order chi connectivity index (χ1) is 9.54. The molecule has 0 saturated heterocycles. The minimum Gasteiger partial charge on any atom is -0.426 e. The fraction of sp³-hybridized carbons (Fsp3) is 0.0714. The van der Waals surface area contributed by atoms with Crippen LogP contribution >= 0.6 is 11.6 Å². The lowest BCUT2D eigenvalue weighted by Gasteiger charge is -2.04. The van der Waals surface area contributed by atoms with Gasteiger partial charge in [-0.25, -0.2) is 0 Å². The van der Waals surface area contributed by atoms with Crippen LogP contribution in [0.15, 0.2) is 48.5 Å². The lowest BCUT2D eigenvalue weighted by atomic mass is 10.1. The summed E-state index contributed by atoms with van der Waals surface area (Å²) in [6.07, 6.45) is 0.0809. The Bertz CT molecular complexity index is 640. The summed E-state index contributed by atoms with van der Waals surface area (Å²) in [7, 11) is 0. The molecule has 102 valence electrons. The number of hydrogen-bond donors (Lipinski definition) is 0. The Kier molecular flexibility index (Phi) is 4.32. The van der Waals surface area contributed by atoms with E-state index in [0.717, 1.165) is 5.56 Å². The van der Waals surface area contributed by atoms with E-state index in [1.165, 1.54) is 24.3 Å². The third kappa shape index (κ3) is 3.80. The third-order valence-electron chi connectivity index (χ3n) is 2.52. The molecule has 0 atom stereocenters. The Balaban J connectivity index is 1.99. The molecule has 0 aromatic heterocycles. The quantitative estimate of drug-likeness (QED) is 0.375. The first-order valence-electron chi connectivity index (χ1n) is 5.74. The smallest absolute Gasteiger partial charge is 0.315 e. The molecule has 2 aromatic rings. The fourth-order valence-corrected chi connectivity index (χ4v) is 1.83. The summed E-state index contributed by atoms with van der Waals surface area (Å²) in [5.41, 5.74) is 0.684. The number of carbonyl (C=O) groups is 1. The van der Waals surface area contributed by atoms with Gasteiger partial charge >= 0.3 is 5.97 Å². The molecule has 0 fully saturated rings. The van der Waals surface area contributed by atoms with Crippen LogP contribution in [-0.2, 0) is 11.2 Å². The molecule has 6 heteroatoms. The van der Waals surface area contributed by atoms with E-state index in [1.54, 1.807) is 24.3 Å². The van der Waals surface area contributed by atoms with Crippen molar-refractivity contribution >= 4 is 23.3 Å². The molecule has 0 unspecified atom stereocenters. The molecule has 0 N–H and O–H groups in total. The van der Waals surface area contributed by atoms with Crippen LogP contribution in [0.3, 0.4) is 0 Å². The summed E-state index contributed by atoms with van der Waals surface area (Å²) in [5.74, 6) is -0.191. The molecule has 5 nitrogen and oxygen atoms in total. The number of nitro groups is 1. The number of ether oxygens (including phenoxy) is 1. The van der Waals surface area contributed by atoms with Gasteiger partial charge in [0.2, 0.25) is 0 Å². The van der Waals surface area contributed by atoms with Crippen LogP contribution in [0.5, 0.6) is 5.75 Å².